The maximum atomic E-state index is 13.3. The Kier molecular flexibility index (Phi) is 10.4. The summed E-state index contributed by atoms with van der Waals surface area (Å²) in [6, 6.07) is 22.1. The highest BCUT2D eigenvalue weighted by Gasteiger charge is 2.24. The highest BCUT2D eigenvalue weighted by molar-refractivity contribution is 6.04. The fraction of sp³-hybridized carbons (Fsp3) is 0.364. The number of esters is 1. The molecule has 1 aliphatic rings. The van der Waals surface area contributed by atoms with E-state index in [9.17, 15) is 14.4 Å². The van der Waals surface area contributed by atoms with Gasteiger partial charge < -0.3 is 25.6 Å². The van der Waals surface area contributed by atoms with Crippen molar-refractivity contribution in [2.45, 2.75) is 40.0 Å². The molecular weight excluding hydrogens is 516 g/mol. The molecule has 0 aromatic heterocycles. The Morgan fingerprint density at radius 3 is 2.22 bits per heavy atom. The van der Waals surface area contributed by atoms with Gasteiger partial charge in [0.25, 0.3) is 5.91 Å². The lowest BCUT2D eigenvalue weighted by Crippen LogP contribution is -2.36. The topological polar surface area (TPSA) is 99.8 Å². The number of benzene rings is 3. The molecule has 1 aliphatic heterocycles. The molecule has 8 nitrogen and oxygen atoms in total. The molecule has 0 bridgehead atoms. The molecule has 0 unspecified atom stereocenters. The second-order valence-corrected chi connectivity index (χ2v) is 10.8. The van der Waals surface area contributed by atoms with Crippen LogP contribution in [0.3, 0.4) is 0 Å². The van der Waals surface area contributed by atoms with Gasteiger partial charge in [0, 0.05) is 36.7 Å². The summed E-state index contributed by atoms with van der Waals surface area (Å²) >= 11 is 0. The molecule has 3 aromatic carbocycles. The SMILES string of the molecule is CCOC(=O)c1ccc(NC(=O)Nc2ccc(N3CCC(Cc4ccccc4)CC3)c(C(=O)NCC(C)C)c2)cc1. The Hall–Kier alpha value is -4.33. The van der Waals surface area contributed by atoms with Crippen molar-refractivity contribution in [2.75, 3.05) is 41.8 Å². The van der Waals surface area contributed by atoms with E-state index in [1.165, 1.54) is 5.56 Å². The molecule has 0 aliphatic carbocycles. The summed E-state index contributed by atoms with van der Waals surface area (Å²) in [6.45, 7) is 8.47. The van der Waals surface area contributed by atoms with E-state index in [1.54, 1.807) is 37.3 Å². The van der Waals surface area contributed by atoms with Crippen LogP contribution in [0.5, 0.6) is 0 Å². The van der Waals surface area contributed by atoms with Gasteiger partial charge in [-0.2, -0.15) is 0 Å². The molecule has 1 saturated heterocycles. The Balaban J connectivity index is 1.43. The van der Waals surface area contributed by atoms with Crippen LogP contribution in [-0.2, 0) is 11.2 Å². The third-order valence-electron chi connectivity index (χ3n) is 7.15. The van der Waals surface area contributed by atoms with Crippen molar-refractivity contribution in [1.29, 1.82) is 0 Å². The minimum atomic E-state index is -0.447. The predicted molar refractivity (Wildman–Crippen MR) is 164 cm³/mol. The number of hydrogen-bond donors (Lipinski definition) is 3. The summed E-state index contributed by atoms with van der Waals surface area (Å²) in [5, 5.41) is 8.63. The van der Waals surface area contributed by atoms with E-state index in [1.807, 2.05) is 18.2 Å². The fourth-order valence-electron chi connectivity index (χ4n) is 4.99. The zero-order valence-corrected chi connectivity index (χ0v) is 24.1. The Morgan fingerprint density at radius 1 is 0.902 bits per heavy atom. The van der Waals surface area contributed by atoms with E-state index in [0.717, 1.165) is 38.0 Å². The highest BCUT2D eigenvalue weighted by Crippen LogP contribution is 2.30. The number of carbonyl (C=O) groups excluding carboxylic acids is 3. The van der Waals surface area contributed by atoms with Gasteiger partial charge in [0.2, 0.25) is 0 Å². The molecule has 0 radical (unpaired) electrons. The van der Waals surface area contributed by atoms with Crippen molar-refractivity contribution in [3.05, 3.63) is 89.5 Å². The number of carbonyl (C=O) groups is 3. The third kappa shape index (κ3) is 8.58. The molecule has 3 amide bonds. The lowest BCUT2D eigenvalue weighted by Gasteiger charge is -2.35. The normalized spacial score (nSPS) is 13.5. The van der Waals surface area contributed by atoms with Gasteiger partial charge in [0.05, 0.1) is 17.7 Å². The first-order chi connectivity index (χ1) is 19.8. The number of amides is 3. The molecule has 1 fully saturated rings. The number of rotatable bonds is 10. The molecule has 0 spiro atoms. The lowest BCUT2D eigenvalue weighted by molar-refractivity contribution is 0.0526. The first-order valence-electron chi connectivity index (χ1n) is 14.4. The van der Waals surface area contributed by atoms with Gasteiger partial charge in [0.15, 0.2) is 0 Å². The number of piperidine rings is 1. The predicted octanol–water partition coefficient (Wildman–Crippen LogP) is 6.35. The zero-order valence-electron chi connectivity index (χ0n) is 24.1. The summed E-state index contributed by atoms with van der Waals surface area (Å²) < 4.78 is 5.00. The molecule has 41 heavy (non-hydrogen) atoms. The maximum absolute atomic E-state index is 13.3. The van der Waals surface area contributed by atoms with Crippen LogP contribution in [-0.4, -0.2) is 44.1 Å². The van der Waals surface area contributed by atoms with E-state index in [0.29, 0.717) is 47.5 Å². The lowest BCUT2D eigenvalue weighted by atomic mass is 9.89. The highest BCUT2D eigenvalue weighted by atomic mass is 16.5. The third-order valence-corrected chi connectivity index (χ3v) is 7.15. The van der Waals surface area contributed by atoms with E-state index >= 15 is 0 Å². The van der Waals surface area contributed by atoms with Crippen LogP contribution in [0.15, 0.2) is 72.8 Å². The van der Waals surface area contributed by atoms with Crippen LogP contribution in [0.1, 0.15) is 59.9 Å². The minimum absolute atomic E-state index is 0.154. The quantitative estimate of drug-likeness (QED) is 0.253. The summed E-state index contributed by atoms with van der Waals surface area (Å²) in [6.07, 6.45) is 3.18. The number of nitrogens with zero attached hydrogens (tertiary/aromatic N) is 1. The Morgan fingerprint density at radius 2 is 1.56 bits per heavy atom. The monoisotopic (exact) mass is 556 g/mol. The molecule has 8 heteroatoms. The van der Waals surface area contributed by atoms with Gasteiger partial charge in [-0.1, -0.05) is 44.2 Å². The molecule has 216 valence electrons. The average molecular weight is 557 g/mol. The summed E-state index contributed by atoms with van der Waals surface area (Å²) in [5.74, 6) is 0.368. The summed E-state index contributed by atoms with van der Waals surface area (Å²) in [4.78, 5) is 40.2. The van der Waals surface area contributed by atoms with E-state index < -0.39 is 12.0 Å². The van der Waals surface area contributed by atoms with Crippen molar-refractivity contribution in [3.8, 4) is 0 Å². The second-order valence-electron chi connectivity index (χ2n) is 10.8. The molecule has 1 heterocycles. The zero-order chi connectivity index (χ0) is 29.2. The molecular formula is C33H40N4O4. The van der Waals surface area contributed by atoms with Gasteiger partial charge in [-0.3, -0.25) is 4.79 Å². The average Bonchev–Trinajstić information content (AvgIpc) is 2.97. The van der Waals surface area contributed by atoms with Crippen LogP contribution in [0, 0.1) is 11.8 Å². The van der Waals surface area contributed by atoms with Crippen molar-refractivity contribution in [1.82, 2.24) is 5.32 Å². The van der Waals surface area contributed by atoms with Crippen molar-refractivity contribution < 1.29 is 19.1 Å². The van der Waals surface area contributed by atoms with Crippen LogP contribution >= 0.6 is 0 Å². The van der Waals surface area contributed by atoms with Gasteiger partial charge in [0.1, 0.15) is 0 Å². The molecule has 4 rings (SSSR count). The largest absolute Gasteiger partial charge is 0.462 e. The first-order valence-corrected chi connectivity index (χ1v) is 14.4. The van der Waals surface area contributed by atoms with E-state index in [4.69, 9.17) is 4.74 Å². The van der Waals surface area contributed by atoms with Gasteiger partial charge in [-0.25, -0.2) is 9.59 Å². The van der Waals surface area contributed by atoms with Gasteiger partial charge >= 0.3 is 12.0 Å². The Labute approximate surface area is 242 Å². The van der Waals surface area contributed by atoms with E-state index in [2.05, 4.69) is 59.0 Å². The second kappa shape index (κ2) is 14.3. The van der Waals surface area contributed by atoms with Crippen LogP contribution in [0.25, 0.3) is 0 Å². The molecule has 0 saturated carbocycles. The van der Waals surface area contributed by atoms with Gasteiger partial charge in [-0.15, -0.1) is 0 Å². The number of hydrogen-bond acceptors (Lipinski definition) is 5. The van der Waals surface area contributed by atoms with Gasteiger partial charge in [-0.05, 0) is 86.1 Å². The Bertz CT molecular complexity index is 1320. The smallest absolute Gasteiger partial charge is 0.338 e. The van der Waals surface area contributed by atoms with Crippen LogP contribution in [0.2, 0.25) is 0 Å². The van der Waals surface area contributed by atoms with Crippen molar-refractivity contribution in [2.24, 2.45) is 11.8 Å². The maximum Gasteiger partial charge on any atom is 0.338 e. The van der Waals surface area contributed by atoms with Crippen LogP contribution < -0.4 is 20.9 Å². The number of urea groups is 1. The molecule has 0 atom stereocenters. The van der Waals surface area contributed by atoms with Crippen molar-refractivity contribution >= 4 is 35.0 Å². The molecule has 3 N–H and O–H groups in total. The van der Waals surface area contributed by atoms with Crippen molar-refractivity contribution in [3.63, 3.8) is 0 Å². The minimum Gasteiger partial charge on any atom is -0.462 e. The summed E-state index contributed by atoms with van der Waals surface area (Å²) in [5.41, 5.74) is 4.25. The number of ether oxygens (including phenoxy) is 1. The van der Waals surface area contributed by atoms with E-state index in [-0.39, 0.29) is 5.91 Å². The van der Waals surface area contributed by atoms with Crippen LogP contribution in [0.4, 0.5) is 21.9 Å². The standard InChI is InChI=1S/C33H40N4O4/c1-4-41-32(39)26-10-12-27(13-11-26)35-33(40)36-28-14-15-30(29(21-28)31(38)34-22-23(2)3)37-18-16-25(17-19-37)20-24-8-6-5-7-9-24/h5-15,21,23,25H,4,16-20,22H2,1-3H3,(H,34,38)(H2,35,36,40). The number of anilines is 3. The summed E-state index contributed by atoms with van der Waals surface area (Å²) in [7, 11) is 0. The first kappa shape index (κ1) is 29.6. The molecule has 3 aromatic rings. The fourth-order valence-corrected chi connectivity index (χ4v) is 4.99. The number of nitrogens with one attached hydrogen (secondary N) is 3.